The summed E-state index contributed by atoms with van der Waals surface area (Å²) < 4.78 is 13.7. The first-order chi connectivity index (χ1) is 7.91. The van der Waals surface area contributed by atoms with Gasteiger partial charge in [-0.15, -0.1) is 0 Å². The Morgan fingerprint density at radius 1 is 1.47 bits per heavy atom. The van der Waals surface area contributed by atoms with Gasteiger partial charge >= 0.3 is 5.97 Å². The smallest absolute Gasteiger partial charge is 0.306 e. The predicted octanol–water partition coefficient (Wildman–Crippen LogP) is 3.88. The van der Waals surface area contributed by atoms with Gasteiger partial charge in [0.2, 0.25) is 0 Å². The molecule has 1 aromatic rings. The molecule has 1 rings (SSSR count). The van der Waals surface area contributed by atoms with Crippen LogP contribution in [0, 0.1) is 17.7 Å². The van der Waals surface area contributed by atoms with E-state index in [1.165, 1.54) is 6.07 Å². The molecule has 0 aromatic heterocycles. The van der Waals surface area contributed by atoms with Gasteiger partial charge in [0.1, 0.15) is 5.82 Å². The largest absolute Gasteiger partial charge is 0.481 e. The van der Waals surface area contributed by atoms with Crippen LogP contribution in [-0.2, 0) is 11.2 Å². The zero-order chi connectivity index (χ0) is 13.0. The molecule has 0 bridgehead atoms. The van der Waals surface area contributed by atoms with Gasteiger partial charge in [-0.3, -0.25) is 4.79 Å². The minimum atomic E-state index is -0.824. The predicted molar refractivity (Wildman–Crippen MR) is 68.4 cm³/mol. The standard InChI is InChI=1S/C13H16BrFO2/c1-8(2)6-10(13(16)17)7-9-4-3-5-11(15)12(9)14/h3-5,8,10H,6-7H2,1-2H3,(H,16,17). The van der Waals surface area contributed by atoms with Crippen molar-refractivity contribution in [2.75, 3.05) is 0 Å². The fourth-order valence-electron chi connectivity index (χ4n) is 1.81. The summed E-state index contributed by atoms with van der Waals surface area (Å²) in [5, 5.41) is 9.13. The Kier molecular flexibility index (Phi) is 5.12. The summed E-state index contributed by atoms with van der Waals surface area (Å²) in [6, 6.07) is 4.71. The number of hydrogen-bond acceptors (Lipinski definition) is 1. The number of carbonyl (C=O) groups is 1. The highest BCUT2D eigenvalue weighted by Crippen LogP contribution is 2.25. The summed E-state index contributed by atoms with van der Waals surface area (Å²) in [7, 11) is 0. The maximum absolute atomic E-state index is 13.3. The molecule has 17 heavy (non-hydrogen) atoms. The van der Waals surface area contributed by atoms with Crippen LogP contribution in [0.3, 0.4) is 0 Å². The lowest BCUT2D eigenvalue weighted by molar-refractivity contribution is -0.142. The Morgan fingerprint density at radius 3 is 2.65 bits per heavy atom. The van der Waals surface area contributed by atoms with Crippen LogP contribution < -0.4 is 0 Å². The lowest BCUT2D eigenvalue weighted by Crippen LogP contribution is -2.19. The van der Waals surface area contributed by atoms with Crippen LogP contribution >= 0.6 is 15.9 Å². The van der Waals surface area contributed by atoms with E-state index in [1.54, 1.807) is 12.1 Å². The van der Waals surface area contributed by atoms with E-state index in [9.17, 15) is 9.18 Å². The lowest BCUT2D eigenvalue weighted by Gasteiger charge is -2.15. The third kappa shape index (κ3) is 4.11. The average molecular weight is 303 g/mol. The number of carboxylic acid groups (broad SMARTS) is 1. The van der Waals surface area contributed by atoms with Crippen molar-refractivity contribution < 1.29 is 14.3 Å². The minimum absolute atomic E-state index is 0.309. The van der Waals surface area contributed by atoms with Crippen molar-refractivity contribution in [3.05, 3.63) is 34.1 Å². The van der Waals surface area contributed by atoms with Crippen molar-refractivity contribution >= 4 is 21.9 Å². The molecule has 4 heteroatoms. The molecule has 0 fully saturated rings. The molecule has 0 amide bonds. The highest BCUT2D eigenvalue weighted by Gasteiger charge is 2.21. The summed E-state index contributed by atoms with van der Waals surface area (Å²) >= 11 is 3.16. The second-order valence-electron chi connectivity index (χ2n) is 4.58. The normalized spacial score (nSPS) is 12.8. The van der Waals surface area contributed by atoms with E-state index in [4.69, 9.17) is 5.11 Å². The van der Waals surface area contributed by atoms with Gasteiger partial charge < -0.3 is 5.11 Å². The Balaban J connectivity index is 2.86. The molecule has 0 saturated carbocycles. The highest BCUT2D eigenvalue weighted by molar-refractivity contribution is 9.10. The molecular weight excluding hydrogens is 287 g/mol. The number of hydrogen-bond donors (Lipinski definition) is 1. The molecular formula is C13H16BrFO2. The third-order valence-electron chi connectivity index (χ3n) is 2.60. The Hall–Kier alpha value is -0.900. The molecule has 0 heterocycles. The molecule has 1 aromatic carbocycles. The zero-order valence-corrected chi connectivity index (χ0v) is 11.5. The maximum Gasteiger partial charge on any atom is 0.306 e. The van der Waals surface area contributed by atoms with Gasteiger partial charge in [-0.1, -0.05) is 26.0 Å². The summed E-state index contributed by atoms with van der Waals surface area (Å²) in [6.07, 6.45) is 0.949. The molecule has 1 N–H and O–H groups in total. The molecule has 0 aliphatic carbocycles. The van der Waals surface area contributed by atoms with Crippen LogP contribution in [0.2, 0.25) is 0 Å². The number of halogens is 2. The fourth-order valence-corrected chi connectivity index (χ4v) is 2.24. The monoisotopic (exact) mass is 302 g/mol. The fraction of sp³-hybridized carbons (Fsp3) is 0.462. The topological polar surface area (TPSA) is 37.3 Å². The Bertz CT molecular complexity index is 404. The zero-order valence-electron chi connectivity index (χ0n) is 9.91. The molecule has 0 radical (unpaired) electrons. The molecule has 1 atom stereocenters. The Labute approximate surface area is 109 Å². The third-order valence-corrected chi connectivity index (χ3v) is 3.49. The first kappa shape index (κ1) is 14.2. The van der Waals surface area contributed by atoms with Crippen molar-refractivity contribution in [2.24, 2.45) is 11.8 Å². The molecule has 0 aliphatic rings. The summed E-state index contributed by atoms with van der Waals surface area (Å²) in [5.74, 6) is -1.33. The van der Waals surface area contributed by atoms with Crippen LogP contribution in [0.1, 0.15) is 25.8 Å². The van der Waals surface area contributed by atoms with Gasteiger partial charge in [0.25, 0.3) is 0 Å². The van der Waals surface area contributed by atoms with Crippen molar-refractivity contribution in [2.45, 2.75) is 26.7 Å². The quantitative estimate of drug-likeness (QED) is 0.896. The summed E-state index contributed by atoms with van der Waals surface area (Å²) in [6.45, 7) is 3.97. The first-order valence-electron chi connectivity index (χ1n) is 5.57. The van der Waals surface area contributed by atoms with Gasteiger partial charge in [-0.2, -0.15) is 0 Å². The van der Waals surface area contributed by atoms with E-state index in [-0.39, 0.29) is 5.82 Å². The SMILES string of the molecule is CC(C)CC(Cc1cccc(F)c1Br)C(=O)O. The average Bonchev–Trinajstić information content (AvgIpc) is 2.22. The number of aliphatic carboxylic acids is 1. The van der Waals surface area contributed by atoms with Gasteiger partial charge in [0.15, 0.2) is 0 Å². The molecule has 2 nitrogen and oxygen atoms in total. The van der Waals surface area contributed by atoms with Gasteiger partial charge in [0, 0.05) is 0 Å². The second-order valence-corrected chi connectivity index (χ2v) is 5.37. The van der Waals surface area contributed by atoms with Crippen molar-refractivity contribution in [1.29, 1.82) is 0 Å². The molecule has 0 aliphatic heterocycles. The van der Waals surface area contributed by atoms with E-state index < -0.39 is 11.9 Å². The van der Waals surface area contributed by atoms with Gasteiger partial charge in [0.05, 0.1) is 10.4 Å². The lowest BCUT2D eigenvalue weighted by atomic mass is 9.91. The van der Waals surface area contributed by atoms with E-state index in [0.29, 0.717) is 28.8 Å². The van der Waals surface area contributed by atoms with Crippen molar-refractivity contribution in [3.63, 3.8) is 0 Å². The van der Waals surface area contributed by atoms with Crippen LogP contribution in [0.15, 0.2) is 22.7 Å². The summed E-state index contributed by atoms with van der Waals surface area (Å²) in [5.41, 5.74) is 0.707. The van der Waals surface area contributed by atoms with E-state index in [1.807, 2.05) is 13.8 Å². The number of carboxylic acids is 1. The summed E-state index contributed by atoms with van der Waals surface area (Å²) in [4.78, 5) is 11.1. The maximum atomic E-state index is 13.3. The van der Waals surface area contributed by atoms with E-state index >= 15 is 0 Å². The van der Waals surface area contributed by atoms with Crippen LogP contribution in [0.4, 0.5) is 4.39 Å². The molecule has 0 saturated heterocycles. The van der Waals surface area contributed by atoms with E-state index in [2.05, 4.69) is 15.9 Å². The molecule has 94 valence electrons. The number of rotatable bonds is 5. The first-order valence-corrected chi connectivity index (χ1v) is 6.36. The Morgan fingerprint density at radius 2 is 2.12 bits per heavy atom. The number of benzene rings is 1. The minimum Gasteiger partial charge on any atom is -0.481 e. The highest BCUT2D eigenvalue weighted by atomic mass is 79.9. The molecule has 0 spiro atoms. The van der Waals surface area contributed by atoms with Crippen LogP contribution in [-0.4, -0.2) is 11.1 Å². The van der Waals surface area contributed by atoms with Crippen LogP contribution in [0.5, 0.6) is 0 Å². The van der Waals surface area contributed by atoms with E-state index in [0.717, 1.165) is 0 Å². The van der Waals surface area contributed by atoms with Crippen molar-refractivity contribution in [3.8, 4) is 0 Å². The molecule has 1 unspecified atom stereocenters. The van der Waals surface area contributed by atoms with Gasteiger partial charge in [-0.05, 0) is 46.3 Å². The van der Waals surface area contributed by atoms with Crippen LogP contribution in [0.25, 0.3) is 0 Å². The van der Waals surface area contributed by atoms with Crippen molar-refractivity contribution in [1.82, 2.24) is 0 Å². The second kappa shape index (κ2) is 6.15. The van der Waals surface area contributed by atoms with Gasteiger partial charge in [-0.25, -0.2) is 4.39 Å².